The molecule has 0 atom stereocenters. The normalized spacial score (nSPS) is 15.7. The van der Waals surface area contributed by atoms with E-state index in [1.54, 1.807) is 37.0 Å². The molecule has 1 saturated heterocycles. The third kappa shape index (κ3) is 6.13. The fraction of sp³-hybridized carbons (Fsp3) is 0.471. The van der Waals surface area contributed by atoms with E-state index in [1.807, 2.05) is 4.90 Å². The summed E-state index contributed by atoms with van der Waals surface area (Å²) in [5.74, 6) is 0.727. The number of methoxy groups -OCH3 is 1. The van der Waals surface area contributed by atoms with E-state index in [0.717, 1.165) is 5.69 Å². The first-order valence-corrected chi connectivity index (χ1v) is 12.1. The maximum Gasteiger partial charge on any atom is 0.522 e. The van der Waals surface area contributed by atoms with Gasteiger partial charge in [-0.15, -0.1) is 3.97 Å². The van der Waals surface area contributed by atoms with E-state index in [4.69, 9.17) is 17.7 Å². The molecule has 0 spiro atoms. The first-order valence-electron chi connectivity index (χ1n) is 9.26. The van der Waals surface area contributed by atoms with Crippen LogP contribution in [0.25, 0.3) is 0 Å². The van der Waals surface area contributed by atoms with Gasteiger partial charge < -0.3 is 9.64 Å². The average Bonchev–Trinajstić information content (AvgIpc) is 3.06. The van der Waals surface area contributed by atoms with E-state index in [1.165, 1.54) is 27.5 Å². The number of benzene rings is 1. The van der Waals surface area contributed by atoms with Crippen molar-refractivity contribution < 1.29 is 48.3 Å². The third-order valence-electron chi connectivity index (χ3n) is 4.84. The fourth-order valence-corrected chi connectivity index (χ4v) is 4.52. The van der Waals surface area contributed by atoms with Crippen molar-refractivity contribution in [3.8, 4) is 5.75 Å². The molecule has 186 valence electrons. The van der Waals surface area contributed by atoms with Crippen LogP contribution in [0.4, 0.5) is 23.2 Å². The number of halogens is 4. The molecule has 1 fully saturated rings. The van der Waals surface area contributed by atoms with Crippen molar-refractivity contribution in [2.75, 3.05) is 38.2 Å². The number of rotatable bonds is 4. The molecule has 33 heavy (non-hydrogen) atoms. The molecule has 0 unspecified atom stereocenters. The Labute approximate surface area is 188 Å². The summed E-state index contributed by atoms with van der Waals surface area (Å²) in [6.45, 7) is 3.48. The SMILES string of the molecule is COc1cc(F)ccc1N1CCN(S(=O)(=O)n2cc[n+](C)c2C)CC1.O=S(=O)(O)C(F)(F)F. The number of alkyl halides is 3. The molecule has 2 heterocycles. The lowest BCUT2D eigenvalue weighted by atomic mass is 10.2. The Morgan fingerprint density at radius 3 is 2.06 bits per heavy atom. The molecule has 1 aromatic heterocycles. The highest BCUT2D eigenvalue weighted by atomic mass is 32.2. The molecule has 10 nitrogen and oxygen atoms in total. The minimum atomic E-state index is -5.84. The maximum absolute atomic E-state index is 13.4. The Hall–Kier alpha value is -2.43. The van der Waals surface area contributed by atoms with Crippen molar-refractivity contribution in [1.29, 1.82) is 0 Å². The number of anilines is 1. The maximum atomic E-state index is 13.4. The summed E-state index contributed by atoms with van der Waals surface area (Å²) in [4.78, 5) is 2.01. The monoisotopic (exact) mass is 519 g/mol. The van der Waals surface area contributed by atoms with Crippen molar-refractivity contribution in [1.82, 2.24) is 8.28 Å². The minimum Gasteiger partial charge on any atom is -0.494 e. The van der Waals surface area contributed by atoms with Crippen LogP contribution in [-0.4, -0.2) is 68.5 Å². The summed E-state index contributed by atoms with van der Waals surface area (Å²) in [6, 6.07) is 4.38. The summed E-state index contributed by atoms with van der Waals surface area (Å²) in [6.07, 6.45) is 3.27. The van der Waals surface area contributed by atoms with Crippen molar-refractivity contribution >= 4 is 26.0 Å². The van der Waals surface area contributed by atoms with Crippen LogP contribution in [0.2, 0.25) is 0 Å². The molecule has 0 amide bonds. The third-order valence-corrected chi connectivity index (χ3v) is 7.33. The van der Waals surface area contributed by atoms with Gasteiger partial charge in [-0.2, -0.15) is 34.3 Å². The summed E-state index contributed by atoms with van der Waals surface area (Å²) in [5, 5.41) is 0. The van der Waals surface area contributed by atoms with E-state index >= 15 is 0 Å². The van der Waals surface area contributed by atoms with E-state index in [0.29, 0.717) is 37.8 Å². The van der Waals surface area contributed by atoms with Gasteiger partial charge in [-0.1, -0.05) is 0 Å². The van der Waals surface area contributed by atoms with Crippen LogP contribution in [0.5, 0.6) is 5.75 Å². The summed E-state index contributed by atoms with van der Waals surface area (Å²) < 4.78 is 106. The molecule has 1 aromatic carbocycles. The number of hydrogen-bond donors (Lipinski definition) is 1. The summed E-state index contributed by atoms with van der Waals surface area (Å²) in [7, 11) is -6.13. The molecule has 1 N–H and O–H groups in total. The lowest BCUT2D eigenvalue weighted by molar-refractivity contribution is -0.676. The van der Waals surface area contributed by atoms with Gasteiger partial charge in [0.25, 0.3) is 5.82 Å². The van der Waals surface area contributed by atoms with Crippen LogP contribution in [-0.2, 0) is 27.4 Å². The Bertz CT molecular complexity index is 1190. The fourth-order valence-electron chi connectivity index (χ4n) is 2.97. The molecule has 2 aromatic rings. The van der Waals surface area contributed by atoms with Crippen molar-refractivity contribution in [2.45, 2.75) is 12.4 Å². The van der Waals surface area contributed by atoms with Crippen LogP contribution in [0, 0.1) is 12.7 Å². The standard InChI is InChI=1S/C16H22FN4O3S.CHF3O3S/c1-13-18(2)6-11-21(13)25(22,23)20-9-7-19(8-10-20)15-5-4-14(17)12-16(15)24-3;2-1(3,4)8(5,6)7/h4-6,11-12H,7-10H2,1-3H3;(H,5,6,7)/q+1;. The van der Waals surface area contributed by atoms with Gasteiger partial charge in [0.15, 0.2) is 0 Å². The van der Waals surface area contributed by atoms with Crippen molar-refractivity contribution in [3.63, 3.8) is 0 Å². The van der Waals surface area contributed by atoms with E-state index in [9.17, 15) is 26.0 Å². The molecule has 16 heteroatoms. The molecule has 0 aliphatic carbocycles. The quantitative estimate of drug-likeness (QED) is 0.278. The first-order chi connectivity index (χ1) is 15.1. The summed E-state index contributed by atoms with van der Waals surface area (Å²) >= 11 is 0. The van der Waals surface area contributed by atoms with Crippen LogP contribution >= 0.6 is 0 Å². The van der Waals surface area contributed by atoms with Crippen LogP contribution in [0.1, 0.15) is 5.82 Å². The zero-order chi connectivity index (χ0) is 25.2. The van der Waals surface area contributed by atoms with Gasteiger partial charge in [-0.05, 0) is 12.1 Å². The molecule has 0 radical (unpaired) electrons. The van der Waals surface area contributed by atoms with Gasteiger partial charge in [0.2, 0.25) is 0 Å². The Morgan fingerprint density at radius 2 is 1.64 bits per heavy atom. The second kappa shape index (κ2) is 9.82. The van der Waals surface area contributed by atoms with Gasteiger partial charge in [0.1, 0.15) is 24.0 Å². The van der Waals surface area contributed by atoms with Gasteiger partial charge in [-0.3, -0.25) is 4.55 Å². The number of hydrogen-bond acceptors (Lipinski definition) is 6. The van der Waals surface area contributed by atoms with Gasteiger partial charge >= 0.3 is 25.8 Å². The second-order valence-electron chi connectivity index (χ2n) is 6.88. The summed E-state index contributed by atoms with van der Waals surface area (Å²) in [5.41, 5.74) is -4.77. The molecule has 0 saturated carbocycles. The predicted molar refractivity (Wildman–Crippen MR) is 109 cm³/mol. The van der Waals surface area contributed by atoms with Crippen molar-refractivity contribution in [3.05, 3.63) is 42.2 Å². The lowest BCUT2D eigenvalue weighted by Crippen LogP contribution is -2.50. The highest BCUT2D eigenvalue weighted by molar-refractivity contribution is 7.87. The topological polar surface area (TPSA) is 113 Å². The lowest BCUT2D eigenvalue weighted by Gasteiger charge is -2.34. The van der Waals surface area contributed by atoms with Crippen molar-refractivity contribution in [2.24, 2.45) is 7.05 Å². The molecular formula is C17H23F4N4O6S2+. The number of aryl methyl sites for hydroxylation is 1. The van der Waals surface area contributed by atoms with Gasteiger partial charge in [0.05, 0.1) is 19.8 Å². The molecular weight excluding hydrogens is 496 g/mol. The largest absolute Gasteiger partial charge is 0.522 e. The van der Waals surface area contributed by atoms with E-state index in [-0.39, 0.29) is 5.82 Å². The zero-order valence-electron chi connectivity index (χ0n) is 17.8. The van der Waals surface area contributed by atoms with E-state index in [2.05, 4.69) is 0 Å². The Balaban J connectivity index is 0.000000414. The highest BCUT2D eigenvalue weighted by Gasteiger charge is 2.44. The molecule has 1 aliphatic heterocycles. The van der Waals surface area contributed by atoms with Crippen LogP contribution in [0.3, 0.4) is 0 Å². The van der Waals surface area contributed by atoms with Gasteiger partial charge in [-0.25, -0.2) is 8.96 Å². The van der Waals surface area contributed by atoms with E-state index < -0.39 is 25.8 Å². The number of imidazole rings is 1. The minimum absolute atomic E-state index is 0.351. The smallest absolute Gasteiger partial charge is 0.494 e. The number of nitrogens with zero attached hydrogens (tertiary/aromatic N) is 4. The second-order valence-corrected chi connectivity index (χ2v) is 10.1. The number of piperazine rings is 1. The van der Waals surface area contributed by atoms with Crippen LogP contribution in [0.15, 0.2) is 30.6 Å². The number of aromatic nitrogens is 2. The zero-order valence-corrected chi connectivity index (χ0v) is 19.5. The first kappa shape index (κ1) is 26.8. The average molecular weight is 520 g/mol. The molecule has 3 rings (SSSR count). The number of ether oxygens (including phenoxy) is 1. The predicted octanol–water partition coefficient (Wildman–Crippen LogP) is 1.08. The highest BCUT2D eigenvalue weighted by Crippen LogP contribution is 2.30. The molecule has 0 bridgehead atoms. The van der Waals surface area contributed by atoms with Crippen LogP contribution < -0.4 is 14.2 Å². The Kier molecular flexibility index (Phi) is 7.98. The Morgan fingerprint density at radius 1 is 1.09 bits per heavy atom. The molecule has 1 aliphatic rings. The van der Waals surface area contributed by atoms with Gasteiger partial charge in [0, 0.05) is 39.2 Å².